The second-order valence-electron chi connectivity index (χ2n) is 5.42. The molecule has 0 bridgehead atoms. The van der Waals surface area contributed by atoms with Crippen LogP contribution < -0.4 is 0 Å². The highest BCUT2D eigenvalue weighted by Gasteiger charge is 2.36. The summed E-state index contributed by atoms with van der Waals surface area (Å²) in [6.07, 6.45) is 3.12. The zero-order valence-electron chi connectivity index (χ0n) is 12.2. The standard InChI is InChI=1S/C11H19NO3.C3H8/c1-11(14-2)3-5-12(6-4-11)10(13)9-7-15-8-9;1-3-2/h9H,3-8H2,1-2H3;3H2,1-2H3. The quantitative estimate of drug-likeness (QED) is 0.760. The molecule has 2 aliphatic heterocycles. The Morgan fingerprint density at radius 3 is 2.17 bits per heavy atom. The number of hydrogen-bond acceptors (Lipinski definition) is 3. The third-order valence-corrected chi connectivity index (χ3v) is 3.61. The lowest BCUT2D eigenvalue weighted by Crippen LogP contribution is -2.51. The van der Waals surface area contributed by atoms with Gasteiger partial charge in [0.15, 0.2) is 0 Å². The lowest BCUT2D eigenvalue weighted by Gasteiger charge is -2.40. The first-order chi connectivity index (χ1) is 8.56. The number of ether oxygens (including phenoxy) is 2. The second-order valence-corrected chi connectivity index (χ2v) is 5.42. The van der Waals surface area contributed by atoms with Crippen molar-refractivity contribution in [2.24, 2.45) is 5.92 Å². The van der Waals surface area contributed by atoms with Crippen molar-refractivity contribution in [3.8, 4) is 0 Å². The Kier molecular flexibility index (Phi) is 6.09. The number of amides is 1. The van der Waals surface area contributed by atoms with E-state index in [-0.39, 0.29) is 17.4 Å². The molecule has 0 N–H and O–H groups in total. The zero-order valence-corrected chi connectivity index (χ0v) is 12.2. The SMILES string of the molecule is CCC.COC1(C)CCN(C(=O)C2COC2)CC1. The third kappa shape index (κ3) is 3.95. The van der Waals surface area contributed by atoms with Crippen LogP contribution in [0.2, 0.25) is 0 Å². The zero-order chi connectivity index (χ0) is 13.6. The number of likely N-dealkylation sites (tertiary alicyclic amines) is 1. The average Bonchev–Trinajstić information content (AvgIpc) is 2.29. The molecule has 4 heteroatoms. The fraction of sp³-hybridized carbons (Fsp3) is 0.929. The third-order valence-electron chi connectivity index (χ3n) is 3.61. The van der Waals surface area contributed by atoms with Gasteiger partial charge in [-0.3, -0.25) is 4.79 Å². The van der Waals surface area contributed by atoms with Gasteiger partial charge in [0, 0.05) is 20.2 Å². The van der Waals surface area contributed by atoms with E-state index in [9.17, 15) is 4.79 Å². The van der Waals surface area contributed by atoms with E-state index in [1.54, 1.807) is 7.11 Å². The fourth-order valence-corrected chi connectivity index (χ4v) is 2.04. The van der Waals surface area contributed by atoms with Crippen molar-refractivity contribution in [2.45, 2.75) is 45.6 Å². The van der Waals surface area contributed by atoms with Crippen molar-refractivity contribution in [1.82, 2.24) is 4.90 Å². The van der Waals surface area contributed by atoms with E-state index in [1.165, 1.54) is 6.42 Å². The maximum Gasteiger partial charge on any atom is 0.230 e. The first-order valence-electron chi connectivity index (χ1n) is 6.98. The molecule has 2 heterocycles. The molecule has 2 rings (SSSR count). The number of rotatable bonds is 2. The van der Waals surface area contributed by atoms with E-state index in [1.807, 2.05) is 4.90 Å². The Morgan fingerprint density at radius 1 is 1.33 bits per heavy atom. The second kappa shape index (κ2) is 7.10. The molecule has 0 aromatic heterocycles. The molecular weight excluding hydrogens is 230 g/mol. The van der Waals surface area contributed by atoms with Gasteiger partial charge < -0.3 is 14.4 Å². The molecule has 0 aromatic carbocycles. The molecule has 18 heavy (non-hydrogen) atoms. The van der Waals surface area contributed by atoms with Gasteiger partial charge in [-0.15, -0.1) is 0 Å². The highest BCUT2D eigenvalue weighted by molar-refractivity contribution is 5.79. The van der Waals surface area contributed by atoms with Crippen LogP contribution in [0, 0.1) is 5.92 Å². The first kappa shape index (κ1) is 15.4. The Bertz CT molecular complexity index is 256. The maximum absolute atomic E-state index is 11.9. The van der Waals surface area contributed by atoms with Crippen molar-refractivity contribution in [3.05, 3.63) is 0 Å². The van der Waals surface area contributed by atoms with Crippen LogP contribution in [-0.2, 0) is 14.3 Å². The van der Waals surface area contributed by atoms with Crippen LogP contribution in [0.15, 0.2) is 0 Å². The van der Waals surface area contributed by atoms with E-state index in [0.29, 0.717) is 13.2 Å². The van der Waals surface area contributed by atoms with Crippen molar-refractivity contribution in [1.29, 1.82) is 0 Å². The molecular formula is C14H27NO3. The predicted octanol–water partition coefficient (Wildman–Crippen LogP) is 2.08. The van der Waals surface area contributed by atoms with Gasteiger partial charge >= 0.3 is 0 Å². The summed E-state index contributed by atoms with van der Waals surface area (Å²) in [6.45, 7) is 9.22. The minimum Gasteiger partial charge on any atom is -0.380 e. The smallest absolute Gasteiger partial charge is 0.230 e. The van der Waals surface area contributed by atoms with Crippen LogP contribution in [0.25, 0.3) is 0 Å². The molecule has 106 valence electrons. The lowest BCUT2D eigenvalue weighted by atomic mass is 9.92. The summed E-state index contributed by atoms with van der Waals surface area (Å²) in [5, 5.41) is 0. The van der Waals surface area contributed by atoms with Gasteiger partial charge in [0.2, 0.25) is 5.91 Å². The summed E-state index contributed by atoms with van der Waals surface area (Å²) in [7, 11) is 1.75. The average molecular weight is 257 g/mol. The van der Waals surface area contributed by atoms with E-state index < -0.39 is 0 Å². The maximum atomic E-state index is 11.9. The number of piperidine rings is 1. The number of carbonyl (C=O) groups excluding carboxylic acids is 1. The number of carbonyl (C=O) groups is 1. The summed E-state index contributed by atoms with van der Waals surface area (Å²) >= 11 is 0. The fourth-order valence-electron chi connectivity index (χ4n) is 2.04. The minimum atomic E-state index is -0.0348. The summed E-state index contributed by atoms with van der Waals surface area (Å²) < 4.78 is 10.5. The Morgan fingerprint density at radius 2 is 1.83 bits per heavy atom. The normalized spacial score (nSPS) is 22.8. The number of methoxy groups -OCH3 is 1. The molecule has 0 saturated carbocycles. The van der Waals surface area contributed by atoms with Crippen molar-refractivity contribution in [2.75, 3.05) is 33.4 Å². The highest BCUT2D eigenvalue weighted by Crippen LogP contribution is 2.26. The van der Waals surface area contributed by atoms with Gasteiger partial charge in [-0.25, -0.2) is 0 Å². The number of hydrogen-bond donors (Lipinski definition) is 0. The van der Waals surface area contributed by atoms with Gasteiger partial charge in [-0.2, -0.15) is 0 Å². The van der Waals surface area contributed by atoms with Crippen LogP contribution >= 0.6 is 0 Å². The first-order valence-corrected chi connectivity index (χ1v) is 6.98. The Balaban J connectivity index is 0.000000492. The van der Waals surface area contributed by atoms with Crippen LogP contribution in [-0.4, -0.2) is 49.8 Å². The van der Waals surface area contributed by atoms with Crippen molar-refractivity contribution < 1.29 is 14.3 Å². The molecule has 0 spiro atoms. The summed E-state index contributed by atoms with van der Waals surface area (Å²) in [5.74, 6) is 0.385. The predicted molar refractivity (Wildman–Crippen MR) is 71.5 cm³/mol. The van der Waals surface area contributed by atoms with Gasteiger partial charge in [0.05, 0.1) is 24.7 Å². The molecule has 0 radical (unpaired) electrons. The van der Waals surface area contributed by atoms with Crippen LogP contribution in [0.4, 0.5) is 0 Å². The molecule has 0 unspecified atom stereocenters. The molecule has 1 amide bonds. The number of nitrogens with zero attached hydrogens (tertiary/aromatic N) is 1. The van der Waals surface area contributed by atoms with Crippen LogP contribution in [0.1, 0.15) is 40.0 Å². The van der Waals surface area contributed by atoms with Gasteiger partial charge in [0.1, 0.15) is 0 Å². The summed E-state index contributed by atoms with van der Waals surface area (Å²) in [4.78, 5) is 13.8. The van der Waals surface area contributed by atoms with Crippen molar-refractivity contribution in [3.63, 3.8) is 0 Å². The van der Waals surface area contributed by atoms with E-state index >= 15 is 0 Å². The molecule has 4 nitrogen and oxygen atoms in total. The summed E-state index contributed by atoms with van der Waals surface area (Å²) in [5.41, 5.74) is -0.0348. The van der Waals surface area contributed by atoms with E-state index in [0.717, 1.165) is 25.9 Å². The molecule has 0 atom stereocenters. The van der Waals surface area contributed by atoms with E-state index in [4.69, 9.17) is 9.47 Å². The van der Waals surface area contributed by atoms with Gasteiger partial charge in [0.25, 0.3) is 0 Å². The van der Waals surface area contributed by atoms with Crippen LogP contribution in [0.5, 0.6) is 0 Å². The topological polar surface area (TPSA) is 38.8 Å². The molecule has 2 aliphatic rings. The molecule has 0 aromatic rings. The monoisotopic (exact) mass is 257 g/mol. The van der Waals surface area contributed by atoms with E-state index in [2.05, 4.69) is 20.8 Å². The van der Waals surface area contributed by atoms with Gasteiger partial charge in [-0.05, 0) is 19.8 Å². The largest absolute Gasteiger partial charge is 0.380 e. The molecule has 2 saturated heterocycles. The minimum absolute atomic E-state index is 0.0348. The Labute approximate surface area is 111 Å². The molecule has 2 fully saturated rings. The lowest BCUT2D eigenvalue weighted by molar-refractivity contribution is -0.154. The van der Waals surface area contributed by atoms with Crippen molar-refractivity contribution >= 4 is 5.91 Å². The summed E-state index contributed by atoms with van der Waals surface area (Å²) in [6, 6.07) is 0. The molecule has 0 aliphatic carbocycles. The highest BCUT2D eigenvalue weighted by atomic mass is 16.5. The Hall–Kier alpha value is -0.610. The van der Waals surface area contributed by atoms with Gasteiger partial charge in [-0.1, -0.05) is 20.3 Å². The van der Waals surface area contributed by atoms with Crippen LogP contribution in [0.3, 0.4) is 0 Å².